The highest BCUT2D eigenvalue weighted by Crippen LogP contribution is 2.40. The number of nitrogens with zero attached hydrogens (tertiary/aromatic N) is 1. The van der Waals surface area contributed by atoms with Gasteiger partial charge < -0.3 is 19.1 Å². The summed E-state index contributed by atoms with van der Waals surface area (Å²) in [6.45, 7) is 4.19. The van der Waals surface area contributed by atoms with Crippen LogP contribution in [0.5, 0.6) is 17.2 Å². The number of hydrogen-bond donors (Lipinski definition) is 0. The van der Waals surface area contributed by atoms with Gasteiger partial charge >= 0.3 is 0 Å². The van der Waals surface area contributed by atoms with E-state index >= 15 is 0 Å². The Morgan fingerprint density at radius 2 is 1.55 bits per heavy atom. The molecule has 0 bridgehead atoms. The number of methoxy groups -OCH3 is 2. The second kappa shape index (κ2) is 12.3. The molecule has 0 aromatic heterocycles. The maximum atomic E-state index is 14.0. The number of carbonyl (C=O) groups is 1. The van der Waals surface area contributed by atoms with Crippen LogP contribution < -0.4 is 14.2 Å². The summed E-state index contributed by atoms with van der Waals surface area (Å²) >= 11 is 0. The second-order valence-electron chi connectivity index (χ2n) is 10.1. The zero-order chi connectivity index (χ0) is 26.3. The number of carbonyl (C=O) groups excluding carboxylic acids is 1. The molecule has 0 amide bonds. The molecule has 5 heteroatoms. The van der Waals surface area contributed by atoms with Crippen molar-refractivity contribution in [3.8, 4) is 17.2 Å². The fourth-order valence-corrected chi connectivity index (χ4v) is 5.56. The molecule has 2 aliphatic rings. The van der Waals surface area contributed by atoms with Crippen LogP contribution in [0, 0.1) is 0 Å². The number of Topliss-reactive ketones (excluding diaryl/α,β-unsaturated/α-hetero) is 1. The SMILES string of the molecule is COc1cccc(C2=C(C(=O)c3ccc(OCCCN4CCCCC4)cc3)c3ccc(OC)cc3CC2)c1. The average molecular weight is 512 g/mol. The van der Waals surface area contributed by atoms with Crippen LogP contribution in [-0.4, -0.2) is 51.1 Å². The van der Waals surface area contributed by atoms with Gasteiger partial charge in [0.05, 0.1) is 20.8 Å². The lowest BCUT2D eigenvalue weighted by molar-refractivity contribution is 0.105. The van der Waals surface area contributed by atoms with E-state index in [4.69, 9.17) is 14.2 Å². The molecule has 1 fully saturated rings. The third-order valence-electron chi connectivity index (χ3n) is 7.63. The van der Waals surface area contributed by atoms with Gasteiger partial charge in [-0.2, -0.15) is 0 Å². The molecule has 0 spiro atoms. The van der Waals surface area contributed by atoms with Crippen LogP contribution in [0.2, 0.25) is 0 Å². The molecule has 5 rings (SSSR count). The van der Waals surface area contributed by atoms with E-state index in [-0.39, 0.29) is 5.78 Å². The van der Waals surface area contributed by atoms with Crippen molar-refractivity contribution >= 4 is 16.9 Å². The summed E-state index contributed by atoms with van der Waals surface area (Å²) in [4.78, 5) is 16.6. The Hall–Kier alpha value is -3.57. The molecule has 1 heterocycles. The molecule has 38 heavy (non-hydrogen) atoms. The first-order valence-electron chi connectivity index (χ1n) is 13.7. The minimum Gasteiger partial charge on any atom is -0.497 e. The molecular formula is C33H37NO4. The number of benzene rings is 3. The van der Waals surface area contributed by atoms with Crippen molar-refractivity contribution in [2.75, 3.05) is 40.5 Å². The van der Waals surface area contributed by atoms with Crippen molar-refractivity contribution in [3.63, 3.8) is 0 Å². The van der Waals surface area contributed by atoms with E-state index in [1.165, 1.54) is 32.4 Å². The maximum absolute atomic E-state index is 14.0. The first-order valence-corrected chi connectivity index (χ1v) is 13.7. The fourth-order valence-electron chi connectivity index (χ4n) is 5.56. The molecule has 1 aliphatic heterocycles. The van der Waals surface area contributed by atoms with E-state index < -0.39 is 0 Å². The van der Waals surface area contributed by atoms with E-state index in [1.54, 1.807) is 14.2 Å². The van der Waals surface area contributed by atoms with Gasteiger partial charge in [0.1, 0.15) is 17.2 Å². The lowest BCUT2D eigenvalue weighted by atomic mass is 9.79. The van der Waals surface area contributed by atoms with Gasteiger partial charge in [-0.05, 0) is 116 Å². The van der Waals surface area contributed by atoms with E-state index in [1.807, 2.05) is 60.7 Å². The molecule has 0 saturated carbocycles. The Labute approximate surface area is 226 Å². The van der Waals surface area contributed by atoms with Crippen LogP contribution in [0.1, 0.15) is 59.2 Å². The van der Waals surface area contributed by atoms with Gasteiger partial charge in [-0.15, -0.1) is 0 Å². The number of ether oxygens (including phenoxy) is 3. The molecule has 3 aromatic rings. The zero-order valence-electron chi connectivity index (χ0n) is 22.5. The summed E-state index contributed by atoms with van der Waals surface area (Å²) in [5, 5.41) is 0. The molecule has 1 saturated heterocycles. The molecule has 0 N–H and O–H groups in total. The summed E-state index contributed by atoms with van der Waals surface area (Å²) in [5.74, 6) is 2.41. The normalized spacial score (nSPS) is 15.6. The largest absolute Gasteiger partial charge is 0.497 e. The van der Waals surface area contributed by atoms with Crippen LogP contribution >= 0.6 is 0 Å². The highest BCUT2D eigenvalue weighted by molar-refractivity contribution is 6.35. The van der Waals surface area contributed by atoms with E-state index in [2.05, 4.69) is 11.0 Å². The highest BCUT2D eigenvalue weighted by atomic mass is 16.5. The minimum absolute atomic E-state index is 0.0191. The fraction of sp³-hybridized carbons (Fsp3) is 0.364. The number of aryl methyl sites for hydroxylation is 1. The van der Waals surface area contributed by atoms with Crippen molar-refractivity contribution in [1.29, 1.82) is 0 Å². The second-order valence-corrected chi connectivity index (χ2v) is 10.1. The standard InChI is InChI=1S/C33H37NO4/c1-36-28-9-6-8-25(22-28)30-16-12-26-23-29(37-2)15-17-31(26)32(30)33(35)24-10-13-27(14-11-24)38-21-7-20-34-18-4-3-5-19-34/h6,8-11,13-15,17,22-23H,3-5,7,12,16,18-21H2,1-2H3. The number of rotatable bonds is 10. The van der Waals surface area contributed by atoms with E-state index in [0.717, 1.165) is 70.9 Å². The van der Waals surface area contributed by atoms with Gasteiger partial charge in [0.25, 0.3) is 0 Å². The van der Waals surface area contributed by atoms with Gasteiger partial charge in [-0.25, -0.2) is 0 Å². The summed E-state index contributed by atoms with van der Waals surface area (Å²) in [6.07, 6.45) is 6.61. The number of likely N-dealkylation sites (tertiary alicyclic amines) is 1. The van der Waals surface area contributed by atoms with Crippen LogP contribution in [0.4, 0.5) is 0 Å². The molecule has 5 nitrogen and oxygen atoms in total. The number of piperidine rings is 1. The smallest absolute Gasteiger partial charge is 0.193 e. The van der Waals surface area contributed by atoms with Gasteiger partial charge in [0.2, 0.25) is 0 Å². The van der Waals surface area contributed by atoms with Crippen LogP contribution in [0.3, 0.4) is 0 Å². The number of hydrogen-bond acceptors (Lipinski definition) is 5. The molecule has 0 radical (unpaired) electrons. The topological polar surface area (TPSA) is 48.0 Å². The Morgan fingerprint density at radius 1 is 0.816 bits per heavy atom. The molecule has 3 aromatic carbocycles. The van der Waals surface area contributed by atoms with Gasteiger partial charge in [-0.1, -0.05) is 24.6 Å². The van der Waals surface area contributed by atoms with Crippen molar-refractivity contribution in [2.24, 2.45) is 0 Å². The first kappa shape index (κ1) is 26.1. The third-order valence-corrected chi connectivity index (χ3v) is 7.63. The number of ketones is 1. The molecule has 0 atom stereocenters. The van der Waals surface area contributed by atoms with Crippen LogP contribution in [0.15, 0.2) is 66.7 Å². The summed E-state index contributed by atoms with van der Waals surface area (Å²) < 4.78 is 16.9. The molecule has 0 unspecified atom stereocenters. The first-order chi connectivity index (χ1) is 18.7. The Kier molecular flexibility index (Phi) is 8.44. The van der Waals surface area contributed by atoms with Gasteiger partial charge in [0, 0.05) is 17.7 Å². The van der Waals surface area contributed by atoms with Gasteiger partial charge in [0.15, 0.2) is 5.78 Å². The Balaban J connectivity index is 1.37. The predicted molar refractivity (Wildman–Crippen MR) is 152 cm³/mol. The van der Waals surface area contributed by atoms with E-state index in [9.17, 15) is 4.79 Å². The predicted octanol–water partition coefficient (Wildman–Crippen LogP) is 6.70. The Bertz CT molecular complexity index is 1290. The monoisotopic (exact) mass is 511 g/mol. The molecular weight excluding hydrogens is 474 g/mol. The zero-order valence-corrected chi connectivity index (χ0v) is 22.5. The van der Waals surface area contributed by atoms with Crippen molar-refractivity contribution in [1.82, 2.24) is 4.90 Å². The Morgan fingerprint density at radius 3 is 2.32 bits per heavy atom. The minimum atomic E-state index is 0.0191. The van der Waals surface area contributed by atoms with Crippen LogP contribution in [0.25, 0.3) is 11.1 Å². The average Bonchev–Trinajstić information content (AvgIpc) is 2.99. The molecule has 198 valence electrons. The van der Waals surface area contributed by atoms with Crippen molar-refractivity contribution in [2.45, 2.75) is 38.5 Å². The quantitative estimate of drug-likeness (QED) is 0.224. The van der Waals surface area contributed by atoms with Gasteiger partial charge in [-0.3, -0.25) is 4.79 Å². The summed E-state index contributed by atoms with van der Waals surface area (Å²) in [5.41, 5.74) is 5.57. The lowest BCUT2D eigenvalue weighted by Gasteiger charge is -2.26. The van der Waals surface area contributed by atoms with Crippen molar-refractivity contribution < 1.29 is 19.0 Å². The van der Waals surface area contributed by atoms with Crippen LogP contribution in [-0.2, 0) is 6.42 Å². The summed E-state index contributed by atoms with van der Waals surface area (Å²) in [7, 11) is 3.34. The van der Waals surface area contributed by atoms with Crippen molar-refractivity contribution in [3.05, 3.63) is 89.0 Å². The van der Waals surface area contributed by atoms with E-state index in [0.29, 0.717) is 12.2 Å². The number of fused-ring (bicyclic) bond motifs is 1. The highest BCUT2D eigenvalue weighted by Gasteiger charge is 2.27. The lowest BCUT2D eigenvalue weighted by Crippen LogP contribution is -2.31. The summed E-state index contributed by atoms with van der Waals surface area (Å²) in [6, 6.07) is 21.6. The number of allylic oxidation sites excluding steroid dienone is 2. The third kappa shape index (κ3) is 5.94. The maximum Gasteiger partial charge on any atom is 0.193 e. The molecule has 1 aliphatic carbocycles.